The maximum absolute atomic E-state index is 12.7. The van der Waals surface area contributed by atoms with Crippen LogP contribution in [0.1, 0.15) is 36.4 Å². The molecule has 7 nitrogen and oxygen atoms in total. The van der Waals surface area contributed by atoms with E-state index in [2.05, 4.69) is 5.32 Å². The predicted molar refractivity (Wildman–Crippen MR) is 95.3 cm³/mol. The van der Waals surface area contributed by atoms with E-state index in [4.69, 9.17) is 5.11 Å². The zero-order chi connectivity index (χ0) is 18.4. The Kier molecular flexibility index (Phi) is 6.95. The normalized spacial score (nSPS) is 19.7. The standard InChI is InChI=1S/C17H25N3O4S/c1-3-19(4-2)17(24)13-10-12(11-20(13)15(22)7-8-21)18-16(23)14-6-5-9-25-14/h5-6,9,12-13,21H,3-4,7-8,10-11H2,1-2H3,(H,18,23)/t12-,13+/m1/s1. The van der Waals surface area contributed by atoms with Crippen molar-refractivity contribution in [1.82, 2.24) is 15.1 Å². The van der Waals surface area contributed by atoms with E-state index >= 15 is 0 Å². The summed E-state index contributed by atoms with van der Waals surface area (Å²) in [4.78, 5) is 41.1. The third-order valence-electron chi connectivity index (χ3n) is 4.39. The molecule has 1 aromatic heterocycles. The SMILES string of the molecule is CCN(CC)C(=O)[C@@H]1C[C@@H](NC(=O)c2cccs2)CN1C(=O)CCO. The number of rotatable bonds is 7. The highest BCUT2D eigenvalue weighted by molar-refractivity contribution is 7.12. The van der Waals surface area contributed by atoms with Crippen molar-refractivity contribution in [1.29, 1.82) is 0 Å². The van der Waals surface area contributed by atoms with Crippen molar-refractivity contribution in [3.8, 4) is 0 Å². The van der Waals surface area contributed by atoms with Gasteiger partial charge in [0.15, 0.2) is 0 Å². The Morgan fingerprint density at radius 2 is 2.08 bits per heavy atom. The number of nitrogens with zero attached hydrogens (tertiary/aromatic N) is 2. The molecule has 0 bridgehead atoms. The number of hydrogen-bond donors (Lipinski definition) is 2. The molecule has 2 heterocycles. The number of amides is 3. The monoisotopic (exact) mass is 367 g/mol. The second-order valence-corrected chi connectivity index (χ2v) is 6.88. The van der Waals surface area contributed by atoms with E-state index in [0.29, 0.717) is 24.4 Å². The number of likely N-dealkylation sites (N-methyl/N-ethyl adjacent to an activating group) is 1. The van der Waals surface area contributed by atoms with Gasteiger partial charge in [0.25, 0.3) is 5.91 Å². The summed E-state index contributed by atoms with van der Waals surface area (Å²) in [7, 11) is 0. The van der Waals surface area contributed by atoms with Crippen molar-refractivity contribution < 1.29 is 19.5 Å². The molecule has 0 aromatic carbocycles. The second kappa shape index (κ2) is 8.96. The molecule has 0 aliphatic carbocycles. The summed E-state index contributed by atoms with van der Waals surface area (Å²) in [6.45, 7) is 4.96. The van der Waals surface area contributed by atoms with Crippen LogP contribution in [0, 0.1) is 0 Å². The molecule has 0 spiro atoms. The highest BCUT2D eigenvalue weighted by atomic mass is 32.1. The van der Waals surface area contributed by atoms with Crippen LogP contribution < -0.4 is 5.32 Å². The van der Waals surface area contributed by atoms with Crippen LogP contribution in [0.15, 0.2) is 17.5 Å². The van der Waals surface area contributed by atoms with Gasteiger partial charge in [0, 0.05) is 32.1 Å². The summed E-state index contributed by atoms with van der Waals surface area (Å²) in [5.41, 5.74) is 0. The molecule has 0 saturated carbocycles. The molecule has 1 aromatic rings. The topological polar surface area (TPSA) is 90.0 Å². The molecule has 1 fully saturated rings. The maximum Gasteiger partial charge on any atom is 0.261 e. The van der Waals surface area contributed by atoms with Crippen LogP contribution >= 0.6 is 11.3 Å². The molecule has 2 N–H and O–H groups in total. The molecular formula is C17H25N3O4S. The molecule has 25 heavy (non-hydrogen) atoms. The summed E-state index contributed by atoms with van der Waals surface area (Å²) in [5, 5.41) is 13.8. The number of carbonyl (C=O) groups excluding carboxylic acids is 3. The summed E-state index contributed by atoms with van der Waals surface area (Å²) in [6.07, 6.45) is 0.372. The van der Waals surface area contributed by atoms with E-state index in [0.717, 1.165) is 0 Å². The zero-order valence-electron chi connectivity index (χ0n) is 14.6. The number of carbonyl (C=O) groups is 3. The number of aliphatic hydroxyl groups excluding tert-OH is 1. The zero-order valence-corrected chi connectivity index (χ0v) is 15.4. The largest absolute Gasteiger partial charge is 0.396 e. The smallest absolute Gasteiger partial charge is 0.261 e. The molecule has 0 radical (unpaired) electrons. The van der Waals surface area contributed by atoms with E-state index in [9.17, 15) is 14.4 Å². The first kappa shape index (κ1) is 19.4. The molecule has 1 saturated heterocycles. The number of thiophene rings is 1. The summed E-state index contributed by atoms with van der Waals surface area (Å²) in [5.74, 6) is -0.560. The average molecular weight is 367 g/mol. The Hall–Kier alpha value is -1.93. The number of nitrogens with one attached hydrogen (secondary N) is 1. The van der Waals surface area contributed by atoms with Crippen LogP contribution in [-0.2, 0) is 9.59 Å². The van der Waals surface area contributed by atoms with Gasteiger partial charge in [0.1, 0.15) is 6.04 Å². The van der Waals surface area contributed by atoms with Crippen LogP contribution in [-0.4, -0.2) is 71.0 Å². The van der Waals surface area contributed by atoms with Crippen LogP contribution in [0.5, 0.6) is 0 Å². The fourth-order valence-corrected chi connectivity index (χ4v) is 3.73. The Morgan fingerprint density at radius 1 is 1.36 bits per heavy atom. The van der Waals surface area contributed by atoms with Crippen molar-refractivity contribution >= 4 is 29.1 Å². The van der Waals surface area contributed by atoms with Crippen LogP contribution in [0.25, 0.3) is 0 Å². The highest BCUT2D eigenvalue weighted by Gasteiger charge is 2.41. The minimum Gasteiger partial charge on any atom is -0.396 e. The van der Waals surface area contributed by atoms with Crippen LogP contribution in [0.2, 0.25) is 0 Å². The average Bonchev–Trinajstić information content (AvgIpc) is 3.26. The molecular weight excluding hydrogens is 342 g/mol. The van der Waals surface area contributed by atoms with E-state index in [-0.39, 0.29) is 43.3 Å². The van der Waals surface area contributed by atoms with Gasteiger partial charge >= 0.3 is 0 Å². The quantitative estimate of drug-likeness (QED) is 0.742. The molecule has 138 valence electrons. The van der Waals surface area contributed by atoms with Crippen molar-refractivity contribution in [2.45, 2.75) is 38.8 Å². The van der Waals surface area contributed by atoms with E-state index < -0.39 is 6.04 Å². The molecule has 1 aliphatic rings. The molecule has 2 atom stereocenters. The van der Waals surface area contributed by atoms with Gasteiger partial charge in [-0.25, -0.2) is 0 Å². The predicted octanol–water partition coefficient (Wildman–Crippen LogP) is 0.698. The van der Waals surface area contributed by atoms with Crippen molar-refractivity contribution in [3.05, 3.63) is 22.4 Å². The Morgan fingerprint density at radius 3 is 2.64 bits per heavy atom. The van der Waals surface area contributed by atoms with E-state index in [1.54, 1.807) is 17.0 Å². The third kappa shape index (κ3) is 4.58. The molecule has 2 rings (SSSR count). The van der Waals surface area contributed by atoms with Crippen molar-refractivity contribution in [2.75, 3.05) is 26.2 Å². The first-order valence-corrected chi connectivity index (χ1v) is 9.43. The summed E-state index contributed by atoms with van der Waals surface area (Å²) in [6, 6.07) is 2.68. The van der Waals surface area contributed by atoms with Crippen LogP contribution in [0.4, 0.5) is 0 Å². The lowest BCUT2D eigenvalue weighted by atomic mass is 10.1. The molecule has 8 heteroatoms. The van der Waals surface area contributed by atoms with Crippen molar-refractivity contribution in [3.63, 3.8) is 0 Å². The van der Waals surface area contributed by atoms with Gasteiger partial charge in [-0.3, -0.25) is 14.4 Å². The summed E-state index contributed by atoms with van der Waals surface area (Å²) < 4.78 is 0. The first-order chi connectivity index (χ1) is 12.0. The number of likely N-dealkylation sites (tertiary alicyclic amines) is 1. The van der Waals surface area contributed by atoms with Crippen LogP contribution in [0.3, 0.4) is 0 Å². The Bertz CT molecular complexity index is 601. The lowest BCUT2D eigenvalue weighted by Gasteiger charge is -2.28. The molecule has 0 unspecified atom stereocenters. The minimum atomic E-state index is -0.590. The van der Waals surface area contributed by atoms with Gasteiger partial charge in [0.2, 0.25) is 11.8 Å². The minimum absolute atomic E-state index is 0.0202. The lowest BCUT2D eigenvalue weighted by Crippen LogP contribution is -2.47. The fourth-order valence-electron chi connectivity index (χ4n) is 3.10. The van der Waals surface area contributed by atoms with Gasteiger partial charge in [-0.1, -0.05) is 6.07 Å². The number of aliphatic hydroxyl groups is 1. The lowest BCUT2D eigenvalue weighted by molar-refractivity contribution is -0.144. The third-order valence-corrected chi connectivity index (χ3v) is 5.26. The fraction of sp³-hybridized carbons (Fsp3) is 0.588. The Labute approximate surface area is 151 Å². The maximum atomic E-state index is 12.7. The van der Waals surface area contributed by atoms with Gasteiger partial charge in [-0.05, 0) is 31.7 Å². The van der Waals surface area contributed by atoms with Gasteiger partial charge in [-0.2, -0.15) is 0 Å². The summed E-state index contributed by atoms with van der Waals surface area (Å²) >= 11 is 1.35. The van der Waals surface area contributed by atoms with Gasteiger partial charge in [0.05, 0.1) is 11.5 Å². The van der Waals surface area contributed by atoms with E-state index in [1.807, 2.05) is 19.2 Å². The molecule has 3 amide bonds. The first-order valence-electron chi connectivity index (χ1n) is 8.55. The second-order valence-electron chi connectivity index (χ2n) is 5.93. The van der Waals surface area contributed by atoms with Gasteiger partial charge < -0.3 is 20.2 Å². The molecule has 1 aliphatic heterocycles. The Balaban J connectivity index is 2.11. The highest BCUT2D eigenvalue weighted by Crippen LogP contribution is 2.22. The van der Waals surface area contributed by atoms with Gasteiger partial charge in [-0.15, -0.1) is 11.3 Å². The van der Waals surface area contributed by atoms with E-state index in [1.165, 1.54) is 16.2 Å². The number of hydrogen-bond acceptors (Lipinski definition) is 5. The van der Waals surface area contributed by atoms with Crippen molar-refractivity contribution in [2.24, 2.45) is 0 Å².